The second-order valence-electron chi connectivity index (χ2n) is 8.59. The lowest BCUT2D eigenvalue weighted by molar-refractivity contribution is -0.131. The van der Waals surface area contributed by atoms with Crippen molar-refractivity contribution in [2.75, 3.05) is 20.2 Å². The molecule has 166 valence electrons. The number of fused-ring (bicyclic) bond motifs is 1. The number of methoxy groups -OCH3 is 1. The van der Waals surface area contributed by atoms with E-state index in [0.29, 0.717) is 19.5 Å². The molecule has 2 aromatic rings. The average molecular weight is 441 g/mol. The number of hydrogen-bond acceptors (Lipinski definition) is 4. The van der Waals surface area contributed by atoms with Gasteiger partial charge in [0.15, 0.2) is 0 Å². The quantitative estimate of drug-likeness (QED) is 0.751. The second-order valence-corrected chi connectivity index (χ2v) is 9.73. The normalized spacial score (nSPS) is 17.4. The fourth-order valence-corrected chi connectivity index (χ4v) is 5.77. The van der Waals surface area contributed by atoms with E-state index in [1.165, 1.54) is 36.1 Å². The van der Waals surface area contributed by atoms with Crippen LogP contribution in [-0.2, 0) is 24.1 Å². The number of nitrogens with zero attached hydrogens (tertiary/aromatic N) is 1. The summed E-state index contributed by atoms with van der Waals surface area (Å²) in [6.45, 7) is 1.36. The molecule has 1 N–H and O–H groups in total. The summed E-state index contributed by atoms with van der Waals surface area (Å²) in [5, 5.41) is 3.22. The molecule has 0 unspecified atom stereocenters. The molecule has 0 saturated carbocycles. The zero-order valence-corrected chi connectivity index (χ0v) is 19.1. The van der Waals surface area contributed by atoms with E-state index in [1.807, 2.05) is 29.2 Å². The monoisotopic (exact) mass is 440 g/mol. The van der Waals surface area contributed by atoms with Crippen LogP contribution < -0.4 is 10.1 Å². The number of para-hydroxylation sites is 1. The molecule has 0 radical (unpaired) electrons. The maximum absolute atomic E-state index is 12.8. The van der Waals surface area contributed by atoms with E-state index in [4.69, 9.17) is 4.74 Å². The Kier molecular flexibility index (Phi) is 7.28. The number of carbonyl (C=O) groups is 2. The molecular weight excluding hydrogens is 408 g/mol. The van der Waals surface area contributed by atoms with Crippen LogP contribution in [0.3, 0.4) is 0 Å². The highest BCUT2D eigenvalue weighted by molar-refractivity contribution is 7.14. The van der Waals surface area contributed by atoms with E-state index in [1.54, 1.807) is 18.4 Å². The number of benzene rings is 1. The van der Waals surface area contributed by atoms with E-state index in [9.17, 15) is 9.59 Å². The summed E-state index contributed by atoms with van der Waals surface area (Å²) in [6.07, 6.45) is 9.22. The predicted molar refractivity (Wildman–Crippen MR) is 124 cm³/mol. The van der Waals surface area contributed by atoms with E-state index < -0.39 is 0 Å². The number of carbonyl (C=O) groups excluding carboxylic acids is 2. The first-order valence-corrected chi connectivity index (χ1v) is 12.3. The zero-order chi connectivity index (χ0) is 21.6. The summed E-state index contributed by atoms with van der Waals surface area (Å²) in [5.41, 5.74) is 2.30. The summed E-state index contributed by atoms with van der Waals surface area (Å²) >= 11 is 1.68. The topological polar surface area (TPSA) is 58.6 Å². The van der Waals surface area contributed by atoms with Crippen LogP contribution in [0.1, 0.15) is 64.2 Å². The van der Waals surface area contributed by atoms with Crippen LogP contribution in [0.4, 0.5) is 0 Å². The molecule has 1 fully saturated rings. The molecule has 31 heavy (non-hydrogen) atoms. The Morgan fingerprint density at radius 1 is 1.10 bits per heavy atom. The smallest absolute Gasteiger partial charge is 0.261 e. The number of aryl methyl sites for hydroxylation is 2. The zero-order valence-electron chi connectivity index (χ0n) is 18.3. The van der Waals surface area contributed by atoms with E-state index in [2.05, 4.69) is 11.4 Å². The van der Waals surface area contributed by atoms with Crippen molar-refractivity contribution in [1.82, 2.24) is 10.2 Å². The van der Waals surface area contributed by atoms with Gasteiger partial charge in [0.1, 0.15) is 5.75 Å². The maximum atomic E-state index is 12.8. The number of rotatable bonds is 5. The number of thiophene rings is 1. The van der Waals surface area contributed by atoms with Crippen LogP contribution in [0.5, 0.6) is 5.75 Å². The Bertz CT molecular complexity index is 890. The Morgan fingerprint density at radius 2 is 1.84 bits per heavy atom. The van der Waals surface area contributed by atoms with Gasteiger partial charge in [-0.3, -0.25) is 9.59 Å². The van der Waals surface area contributed by atoms with Crippen molar-refractivity contribution in [2.24, 2.45) is 0 Å². The van der Waals surface area contributed by atoms with Crippen molar-refractivity contribution in [3.05, 3.63) is 51.2 Å². The predicted octanol–water partition coefficient (Wildman–Crippen LogP) is 4.38. The minimum Gasteiger partial charge on any atom is -0.496 e. The summed E-state index contributed by atoms with van der Waals surface area (Å²) in [4.78, 5) is 29.7. The highest BCUT2D eigenvalue weighted by Gasteiger charge is 2.25. The van der Waals surface area contributed by atoms with Gasteiger partial charge in [-0.05, 0) is 56.2 Å². The first-order valence-electron chi connectivity index (χ1n) is 11.5. The molecule has 1 aromatic carbocycles. The van der Waals surface area contributed by atoms with Crippen LogP contribution in [0.15, 0.2) is 30.3 Å². The van der Waals surface area contributed by atoms with Crippen LogP contribution >= 0.6 is 11.3 Å². The molecule has 1 aromatic heterocycles. The average Bonchev–Trinajstić information content (AvgIpc) is 3.16. The van der Waals surface area contributed by atoms with Gasteiger partial charge in [0.2, 0.25) is 5.91 Å². The van der Waals surface area contributed by atoms with Gasteiger partial charge in [-0.25, -0.2) is 0 Å². The number of amides is 2. The SMILES string of the molecule is COc1ccccc1CC(=O)N1CCC(NC(=O)c2cc3c(s2)CCCCCC3)CC1. The van der Waals surface area contributed by atoms with Crippen molar-refractivity contribution in [2.45, 2.75) is 63.8 Å². The minimum absolute atomic E-state index is 0.0514. The third-order valence-corrected chi connectivity index (χ3v) is 7.67. The fraction of sp³-hybridized carbons (Fsp3) is 0.520. The van der Waals surface area contributed by atoms with Crippen molar-refractivity contribution in [1.29, 1.82) is 0 Å². The molecule has 1 aliphatic carbocycles. The molecular formula is C25H32N2O3S. The summed E-state index contributed by atoms with van der Waals surface area (Å²) in [5.74, 6) is 0.922. The number of ether oxygens (including phenoxy) is 1. The van der Waals surface area contributed by atoms with Crippen LogP contribution in [-0.4, -0.2) is 43.0 Å². The number of likely N-dealkylation sites (tertiary alicyclic amines) is 1. The standard InChI is InChI=1S/C25H32N2O3S/c1-30-21-10-7-6-8-18(21)17-24(28)27-14-12-20(13-15-27)26-25(29)23-16-19-9-4-2-3-5-11-22(19)31-23/h6-8,10,16,20H,2-5,9,11-15,17H2,1H3,(H,26,29). The van der Waals surface area contributed by atoms with Crippen molar-refractivity contribution < 1.29 is 14.3 Å². The summed E-state index contributed by atoms with van der Waals surface area (Å²) < 4.78 is 5.36. The Balaban J connectivity index is 1.28. The first-order chi connectivity index (χ1) is 15.1. The van der Waals surface area contributed by atoms with Gasteiger partial charge in [0, 0.05) is 29.6 Å². The number of nitrogens with one attached hydrogen (secondary N) is 1. The molecule has 1 aliphatic heterocycles. The fourth-order valence-electron chi connectivity index (χ4n) is 4.61. The van der Waals surface area contributed by atoms with Crippen LogP contribution in [0.25, 0.3) is 0 Å². The number of piperidine rings is 1. The summed E-state index contributed by atoms with van der Waals surface area (Å²) in [7, 11) is 1.63. The minimum atomic E-state index is 0.0514. The molecule has 2 aliphatic rings. The van der Waals surface area contributed by atoms with Gasteiger partial charge < -0.3 is 15.0 Å². The van der Waals surface area contributed by atoms with Gasteiger partial charge in [-0.2, -0.15) is 0 Å². The van der Waals surface area contributed by atoms with Gasteiger partial charge >= 0.3 is 0 Å². The third-order valence-electron chi connectivity index (χ3n) is 6.44. The highest BCUT2D eigenvalue weighted by Crippen LogP contribution is 2.29. The van der Waals surface area contributed by atoms with Crippen LogP contribution in [0, 0.1) is 0 Å². The molecule has 2 heterocycles. The highest BCUT2D eigenvalue weighted by atomic mass is 32.1. The lowest BCUT2D eigenvalue weighted by atomic mass is 9.99. The third kappa shape index (κ3) is 5.48. The molecule has 0 atom stereocenters. The second kappa shape index (κ2) is 10.3. The molecule has 0 bridgehead atoms. The maximum Gasteiger partial charge on any atom is 0.261 e. The molecule has 4 rings (SSSR count). The first kappa shape index (κ1) is 21.9. The van der Waals surface area contributed by atoms with Gasteiger partial charge in [0.05, 0.1) is 18.4 Å². The van der Waals surface area contributed by atoms with Crippen molar-refractivity contribution in [3.8, 4) is 5.75 Å². The van der Waals surface area contributed by atoms with Crippen LogP contribution in [0.2, 0.25) is 0 Å². The largest absolute Gasteiger partial charge is 0.496 e. The molecule has 2 amide bonds. The lowest BCUT2D eigenvalue weighted by Gasteiger charge is -2.32. The molecule has 5 nitrogen and oxygen atoms in total. The molecule has 0 spiro atoms. The van der Waals surface area contributed by atoms with Crippen molar-refractivity contribution in [3.63, 3.8) is 0 Å². The molecule has 1 saturated heterocycles. The van der Waals surface area contributed by atoms with Crippen molar-refractivity contribution >= 4 is 23.2 Å². The van der Waals surface area contributed by atoms with Gasteiger partial charge in [-0.1, -0.05) is 31.0 Å². The lowest BCUT2D eigenvalue weighted by Crippen LogP contribution is -2.46. The Labute approximate surface area is 188 Å². The van der Waals surface area contributed by atoms with E-state index in [-0.39, 0.29) is 17.9 Å². The van der Waals surface area contributed by atoms with E-state index in [0.717, 1.165) is 41.9 Å². The Morgan fingerprint density at radius 3 is 2.61 bits per heavy atom. The van der Waals surface area contributed by atoms with E-state index >= 15 is 0 Å². The number of hydrogen-bond donors (Lipinski definition) is 1. The molecule has 6 heteroatoms. The van der Waals surface area contributed by atoms with Gasteiger partial charge in [0.25, 0.3) is 5.91 Å². The van der Waals surface area contributed by atoms with Gasteiger partial charge in [-0.15, -0.1) is 11.3 Å². The Hall–Kier alpha value is -2.34. The summed E-state index contributed by atoms with van der Waals surface area (Å²) in [6, 6.07) is 9.91.